The van der Waals surface area contributed by atoms with E-state index < -0.39 is 0 Å². The molecule has 1 aliphatic rings. The van der Waals surface area contributed by atoms with Crippen molar-refractivity contribution in [2.24, 2.45) is 5.92 Å². The van der Waals surface area contributed by atoms with E-state index in [0.29, 0.717) is 17.7 Å². The molecule has 6 heteroatoms. The molecule has 0 bridgehead atoms. The topological polar surface area (TPSA) is 63.9 Å². The van der Waals surface area contributed by atoms with Gasteiger partial charge in [-0.2, -0.15) is 4.80 Å². The van der Waals surface area contributed by atoms with Crippen molar-refractivity contribution in [2.45, 2.75) is 45.6 Å². The first kappa shape index (κ1) is 20.3. The Balaban J connectivity index is 1.29. The van der Waals surface area contributed by atoms with Crippen LogP contribution in [-0.4, -0.2) is 44.1 Å². The minimum Gasteiger partial charge on any atom is -0.341 e. The molecule has 6 nitrogen and oxygen atoms in total. The Bertz CT molecular complexity index is 957. The van der Waals surface area contributed by atoms with Crippen LogP contribution in [0, 0.1) is 5.92 Å². The van der Waals surface area contributed by atoms with E-state index >= 15 is 0 Å². The largest absolute Gasteiger partial charge is 0.341 e. The summed E-state index contributed by atoms with van der Waals surface area (Å²) < 4.78 is 0. The van der Waals surface area contributed by atoms with Gasteiger partial charge < -0.3 is 4.90 Å². The van der Waals surface area contributed by atoms with Gasteiger partial charge in [0, 0.05) is 18.7 Å². The fourth-order valence-corrected chi connectivity index (χ4v) is 4.00. The zero-order valence-electron chi connectivity index (χ0n) is 17.7. The molecule has 2 heterocycles. The number of piperidine rings is 1. The quantitative estimate of drug-likeness (QED) is 0.625. The van der Waals surface area contributed by atoms with Crippen LogP contribution in [0.3, 0.4) is 0 Å². The fourth-order valence-electron chi connectivity index (χ4n) is 4.00. The van der Waals surface area contributed by atoms with E-state index in [2.05, 4.69) is 71.7 Å². The molecule has 0 atom stereocenters. The van der Waals surface area contributed by atoms with E-state index in [1.165, 1.54) is 15.9 Å². The molecule has 0 spiro atoms. The lowest BCUT2D eigenvalue weighted by Gasteiger charge is -2.32. The number of nitrogens with zero attached hydrogens (tertiary/aromatic N) is 5. The Morgan fingerprint density at radius 3 is 2.40 bits per heavy atom. The van der Waals surface area contributed by atoms with Crippen molar-refractivity contribution in [3.63, 3.8) is 0 Å². The van der Waals surface area contributed by atoms with Crippen molar-refractivity contribution in [2.75, 3.05) is 13.1 Å². The normalized spacial score (nSPS) is 15.0. The van der Waals surface area contributed by atoms with Crippen molar-refractivity contribution in [3.8, 4) is 11.4 Å². The second kappa shape index (κ2) is 9.20. The number of carbonyl (C=O) groups excluding carboxylic acids is 1. The Labute approximate surface area is 177 Å². The Kier molecular flexibility index (Phi) is 6.21. The van der Waals surface area contributed by atoms with E-state index in [4.69, 9.17) is 0 Å². The molecule has 1 aromatic heterocycles. The molecule has 0 saturated carbocycles. The number of likely N-dealkylation sites (tertiary alicyclic amines) is 1. The summed E-state index contributed by atoms with van der Waals surface area (Å²) in [6.45, 7) is 6.07. The molecule has 0 N–H and O–H groups in total. The highest BCUT2D eigenvalue weighted by Crippen LogP contribution is 2.22. The fraction of sp³-hybridized carbons (Fsp3) is 0.417. The van der Waals surface area contributed by atoms with Crippen LogP contribution in [-0.2, 0) is 17.8 Å². The highest BCUT2D eigenvalue weighted by molar-refractivity contribution is 5.75. The summed E-state index contributed by atoms with van der Waals surface area (Å²) in [4.78, 5) is 16.0. The van der Waals surface area contributed by atoms with Crippen LogP contribution >= 0.6 is 0 Å². The van der Waals surface area contributed by atoms with E-state index in [0.717, 1.165) is 37.9 Å². The SMILES string of the molecule is CC(C)c1ccc(-c2nnn(CC(=O)N3CCC(Cc4ccccc4)CC3)n2)cc1. The average Bonchev–Trinajstić information content (AvgIpc) is 3.23. The molecule has 3 aromatic rings. The van der Waals surface area contributed by atoms with Crippen LogP contribution in [0.2, 0.25) is 0 Å². The first-order chi connectivity index (χ1) is 14.6. The number of hydrogen-bond acceptors (Lipinski definition) is 4. The molecule has 1 fully saturated rings. The molecular formula is C24H29N5O. The number of tetrazole rings is 1. The van der Waals surface area contributed by atoms with Crippen LogP contribution in [0.25, 0.3) is 11.4 Å². The Morgan fingerprint density at radius 1 is 1.03 bits per heavy atom. The van der Waals surface area contributed by atoms with Crippen LogP contribution in [0.15, 0.2) is 54.6 Å². The molecule has 2 aromatic carbocycles. The predicted octanol–water partition coefficient (Wildman–Crippen LogP) is 3.94. The lowest BCUT2D eigenvalue weighted by molar-refractivity contribution is -0.133. The van der Waals surface area contributed by atoms with Gasteiger partial charge in [-0.05, 0) is 47.4 Å². The Morgan fingerprint density at radius 2 is 1.73 bits per heavy atom. The van der Waals surface area contributed by atoms with E-state index in [1.54, 1.807) is 0 Å². The lowest BCUT2D eigenvalue weighted by Crippen LogP contribution is -2.40. The van der Waals surface area contributed by atoms with Crippen LogP contribution < -0.4 is 0 Å². The third-order valence-electron chi connectivity index (χ3n) is 5.90. The maximum Gasteiger partial charge on any atom is 0.246 e. The third-order valence-corrected chi connectivity index (χ3v) is 5.90. The molecule has 156 valence electrons. The van der Waals surface area contributed by atoms with Crippen LogP contribution in [0.4, 0.5) is 0 Å². The molecule has 0 aliphatic carbocycles. The molecule has 1 aliphatic heterocycles. The Hall–Kier alpha value is -3.02. The predicted molar refractivity (Wildman–Crippen MR) is 117 cm³/mol. The summed E-state index contributed by atoms with van der Waals surface area (Å²) in [5.41, 5.74) is 3.57. The summed E-state index contributed by atoms with van der Waals surface area (Å²) in [5, 5.41) is 12.6. The van der Waals surface area contributed by atoms with Gasteiger partial charge in [0.15, 0.2) is 0 Å². The molecule has 1 amide bonds. The zero-order chi connectivity index (χ0) is 20.9. The van der Waals surface area contributed by atoms with Gasteiger partial charge in [0.1, 0.15) is 6.54 Å². The number of benzene rings is 2. The van der Waals surface area contributed by atoms with Gasteiger partial charge in [-0.3, -0.25) is 4.79 Å². The number of carbonyl (C=O) groups is 1. The molecule has 0 radical (unpaired) electrons. The molecule has 4 rings (SSSR count). The summed E-state index contributed by atoms with van der Waals surface area (Å²) >= 11 is 0. The van der Waals surface area contributed by atoms with Crippen LogP contribution in [0.5, 0.6) is 0 Å². The highest BCUT2D eigenvalue weighted by atomic mass is 16.2. The molecular weight excluding hydrogens is 374 g/mol. The van der Waals surface area contributed by atoms with Gasteiger partial charge in [-0.25, -0.2) is 0 Å². The first-order valence-electron chi connectivity index (χ1n) is 10.8. The summed E-state index contributed by atoms with van der Waals surface area (Å²) in [6, 6.07) is 18.8. The van der Waals surface area contributed by atoms with E-state index in [1.807, 2.05) is 17.0 Å². The van der Waals surface area contributed by atoms with Gasteiger partial charge in [0.2, 0.25) is 11.7 Å². The standard InChI is InChI=1S/C24H29N5O/c1-18(2)21-8-10-22(11-9-21)24-25-27-29(26-24)17-23(30)28-14-12-20(13-15-28)16-19-6-4-3-5-7-19/h3-11,18,20H,12-17H2,1-2H3. The zero-order valence-corrected chi connectivity index (χ0v) is 17.7. The average molecular weight is 404 g/mol. The summed E-state index contributed by atoms with van der Waals surface area (Å²) in [7, 11) is 0. The minimum absolute atomic E-state index is 0.0623. The summed E-state index contributed by atoms with van der Waals surface area (Å²) in [5.74, 6) is 1.74. The van der Waals surface area contributed by atoms with Crippen molar-refractivity contribution in [1.29, 1.82) is 0 Å². The molecule has 30 heavy (non-hydrogen) atoms. The van der Waals surface area contributed by atoms with Gasteiger partial charge in [0.25, 0.3) is 0 Å². The van der Waals surface area contributed by atoms with Crippen molar-refractivity contribution >= 4 is 5.91 Å². The number of rotatable bonds is 6. The maximum absolute atomic E-state index is 12.7. The van der Waals surface area contributed by atoms with E-state index in [-0.39, 0.29) is 12.5 Å². The van der Waals surface area contributed by atoms with Crippen molar-refractivity contribution in [1.82, 2.24) is 25.1 Å². The number of aromatic nitrogens is 4. The number of amides is 1. The molecule has 1 saturated heterocycles. The second-order valence-electron chi connectivity index (χ2n) is 8.43. The maximum atomic E-state index is 12.7. The van der Waals surface area contributed by atoms with Crippen molar-refractivity contribution < 1.29 is 4.79 Å². The highest BCUT2D eigenvalue weighted by Gasteiger charge is 2.23. The lowest BCUT2D eigenvalue weighted by atomic mass is 9.90. The molecule has 0 unspecified atom stereocenters. The van der Waals surface area contributed by atoms with Gasteiger partial charge in [-0.1, -0.05) is 68.4 Å². The summed E-state index contributed by atoms with van der Waals surface area (Å²) in [6.07, 6.45) is 3.17. The van der Waals surface area contributed by atoms with E-state index in [9.17, 15) is 4.79 Å². The van der Waals surface area contributed by atoms with Crippen molar-refractivity contribution in [3.05, 3.63) is 65.7 Å². The third kappa shape index (κ3) is 4.93. The smallest absolute Gasteiger partial charge is 0.246 e. The van der Waals surface area contributed by atoms with Gasteiger partial charge in [-0.15, -0.1) is 10.2 Å². The van der Waals surface area contributed by atoms with Gasteiger partial charge in [0.05, 0.1) is 0 Å². The number of hydrogen-bond donors (Lipinski definition) is 0. The first-order valence-corrected chi connectivity index (χ1v) is 10.8. The monoisotopic (exact) mass is 403 g/mol. The van der Waals surface area contributed by atoms with Gasteiger partial charge >= 0.3 is 0 Å². The minimum atomic E-state index is 0.0623. The second-order valence-corrected chi connectivity index (χ2v) is 8.43. The van der Waals surface area contributed by atoms with Crippen LogP contribution in [0.1, 0.15) is 43.7 Å².